The molecule has 17 heavy (non-hydrogen) atoms. The number of benzene rings is 1. The molecule has 1 aromatic rings. The van der Waals surface area contributed by atoms with Crippen molar-refractivity contribution < 1.29 is 13.9 Å². The van der Waals surface area contributed by atoms with Crippen LogP contribution >= 0.6 is 0 Å². The molecule has 1 atom stereocenters. The van der Waals surface area contributed by atoms with Gasteiger partial charge in [0.15, 0.2) is 0 Å². The first kappa shape index (κ1) is 12.3. The second-order valence-electron chi connectivity index (χ2n) is 4.19. The fourth-order valence-electron chi connectivity index (χ4n) is 2.04. The average Bonchev–Trinajstić information content (AvgIpc) is 2.82. The molecule has 0 spiro atoms. The first-order valence-corrected chi connectivity index (χ1v) is 6.03. The fourth-order valence-corrected chi connectivity index (χ4v) is 2.04. The van der Waals surface area contributed by atoms with Crippen molar-refractivity contribution in [2.24, 2.45) is 5.73 Å². The van der Waals surface area contributed by atoms with Gasteiger partial charge in [-0.1, -0.05) is 6.07 Å². The van der Waals surface area contributed by atoms with Gasteiger partial charge in [0.25, 0.3) is 0 Å². The number of hydrogen-bond donors (Lipinski definition) is 1. The van der Waals surface area contributed by atoms with Crippen LogP contribution in [0.1, 0.15) is 24.8 Å². The summed E-state index contributed by atoms with van der Waals surface area (Å²) < 4.78 is 24.5. The van der Waals surface area contributed by atoms with Crippen LogP contribution in [-0.4, -0.2) is 19.3 Å². The van der Waals surface area contributed by atoms with Crippen molar-refractivity contribution in [3.8, 4) is 5.75 Å². The molecule has 0 saturated carbocycles. The average molecular weight is 239 g/mol. The van der Waals surface area contributed by atoms with E-state index >= 15 is 0 Å². The van der Waals surface area contributed by atoms with E-state index in [9.17, 15) is 4.39 Å². The molecule has 1 unspecified atom stereocenters. The van der Waals surface area contributed by atoms with Crippen LogP contribution in [-0.2, 0) is 11.3 Å². The second kappa shape index (κ2) is 5.98. The third kappa shape index (κ3) is 3.17. The summed E-state index contributed by atoms with van der Waals surface area (Å²) in [6.45, 7) is 1.54. The molecule has 0 bridgehead atoms. The summed E-state index contributed by atoms with van der Waals surface area (Å²) in [5.74, 6) is 0.243. The van der Waals surface area contributed by atoms with Gasteiger partial charge in [-0.05, 0) is 25.0 Å². The van der Waals surface area contributed by atoms with Crippen LogP contribution < -0.4 is 10.5 Å². The van der Waals surface area contributed by atoms with Gasteiger partial charge in [0.2, 0.25) is 0 Å². The highest BCUT2D eigenvalue weighted by atomic mass is 19.1. The van der Waals surface area contributed by atoms with Gasteiger partial charge >= 0.3 is 0 Å². The van der Waals surface area contributed by atoms with Crippen molar-refractivity contribution in [2.45, 2.75) is 31.9 Å². The highest BCUT2D eigenvalue weighted by Gasteiger charge is 2.15. The van der Waals surface area contributed by atoms with Crippen LogP contribution in [0.4, 0.5) is 4.39 Å². The summed E-state index contributed by atoms with van der Waals surface area (Å²) >= 11 is 0. The minimum absolute atomic E-state index is 0.155. The molecule has 1 heterocycles. The summed E-state index contributed by atoms with van der Waals surface area (Å²) in [4.78, 5) is 0. The first-order chi connectivity index (χ1) is 8.31. The molecule has 1 aromatic carbocycles. The smallest absolute Gasteiger partial charge is 0.131 e. The van der Waals surface area contributed by atoms with E-state index in [1.165, 1.54) is 6.07 Å². The van der Waals surface area contributed by atoms with Gasteiger partial charge in [0.1, 0.15) is 11.6 Å². The molecule has 2 N–H and O–H groups in total. The van der Waals surface area contributed by atoms with E-state index in [0.717, 1.165) is 25.9 Å². The zero-order valence-corrected chi connectivity index (χ0v) is 9.82. The van der Waals surface area contributed by atoms with Crippen LogP contribution in [0.15, 0.2) is 18.2 Å². The summed E-state index contributed by atoms with van der Waals surface area (Å²) in [6, 6.07) is 4.78. The number of hydrogen-bond acceptors (Lipinski definition) is 3. The van der Waals surface area contributed by atoms with Crippen LogP contribution in [0.2, 0.25) is 0 Å². The fraction of sp³-hybridized carbons (Fsp3) is 0.538. The highest BCUT2D eigenvalue weighted by Crippen LogP contribution is 2.22. The predicted octanol–water partition coefficient (Wildman–Crippen LogP) is 2.23. The Balaban J connectivity index is 1.87. The van der Waals surface area contributed by atoms with Crippen molar-refractivity contribution in [1.29, 1.82) is 0 Å². The van der Waals surface area contributed by atoms with Crippen molar-refractivity contribution in [2.75, 3.05) is 13.2 Å². The quantitative estimate of drug-likeness (QED) is 0.857. The van der Waals surface area contributed by atoms with Gasteiger partial charge in [-0.2, -0.15) is 0 Å². The van der Waals surface area contributed by atoms with E-state index in [2.05, 4.69) is 0 Å². The lowest BCUT2D eigenvalue weighted by Gasteiger charge is -2.13. The Kier molecular flexibility index (Phi) is 4.34. The van der Waals surface area contributed by atoms with Crippen molar-refractivity contribution >= 4 is 0 Å². The molecule has 0 radical (unpaired) electrons. The monoisotopic (exact) mass is 239 g/mol. The highest BCUT2D eigenvalue weighted by molar-refractivity contribution is 5.34. The van der Waals surface area contributed by atoms with Crippen LogP contribution in [0.3, 0.4) is 0 Å². The van der Waals surface area contributed by atoms with Crippen molar-refractivity contribution in [3.05, 3.63) is 29.6 Å². The summed E-state index contributed by atoms with van der Waals surface area (Å²) in [5, 5.41) is 0. The zero-order chi connectivity index (χ0) is 12.1. The molecule has 1 aliphatic heterocycles. The van der Waals surface area contributed by atoms with Gasteiger partial charge in [-0.25, -0.2) is 4.39 Å². The number of halogens is 1. The van der Waals surface area contributed by atoms with Gasteiger partial charge in [0.05, 0.1) is 12.7 Å². The molecule has 1 aliphatic rings. The van der Waals surface area contributed by atoms with Crippen molar-refractivity contribution in [3.63, 3.8) is 0 Å². The summed E-state index contributed by atoms with van der Waals surface area (Å²) in [5.41, 5.74) is 5.94. The third-order valence-electron chi connectivity index (χ3n) is 3.00. The maximum atomic E-state index is 13.4. The standard InChI is InChI=1S/C13H18FNO2/c14-12-4-1-5-13(11(12)9-15)17-8-6-10-3-2-7-16-10/h1,4-5,10H,2-3,6-9,15H2. The van der Waals surface area contributed by atoms with Gasteiger partial charge in [-0.15, -0.1) is 0 Å². The number of rotatable bonds is 5. The van der Waals surface area contributed by atoms with E-state index in [4.69, 9.17) is 15.2 Å². The SMILES string of the molecule is NCc1c(F)cccc1OCCC1CCCO1. The molecule has 3 nitrogen and oxygen atoms in total. The predicted molar refractivity (Wildman–Crippen MR) is 63.4 cm³/mol. The van der Waals surface area contributed by atoms with E-state index < -0.39 is 0 Å². The zero-order valence-electron chi connectivity index (χ0n) is 9.82. The first-order valence-electron chi connectivity index (χ1n) is 6.03. The van der Waals surface area contributed by atoms with E-state index in [0.29, 0.717) is 24.0 Å². The summed E-state index contributed by atoms with van der Waals surface area (Å²) in [6.07, 6.45) is 3.36. The van der Waals surface area contributed by atoms with E-state index in [1.807, 2.05) is 0 Å². The molecule has 0 aliphatic carbocycles. The van der Waals surface area contributed by atoms with Crippen molar-refractivity contribution in [1.82, 2.24) is 0 Å². The second-order valence-corrected chi connectivity index (χ2v) is 4.19. The molecular weight excluding hydrogens is 221 g/mol. The van der Waals surface area contributed by atoms with Crippen LogP contribution in [0.5, 0.6) is 5.75 Å². The van der Waals surface area contributed by atoms with E-state index in [1.54, 1.807) is 12.1 Å². The molecule has 0 aromatic heterocycles. The third-order valence-corrected chi connectivity index (χ3v) is 3.00. The van der Waals surface area contributed by atoms with Gasteiger partial charge < -0.3 is 15.2 Å². The molecule has 0 amide bonds. The molecule has 1 fully saturated rings. The Bertz CT molecular complexity index is 364. The van der Waals surface area contributed by atoms with E-state index in [-0.39, 0.29) is 12.4 Å². The Labute approximate surface area is 101 Å². The Morgan fingerprint density at radius 2 is 2.35 bits per heavy atom. The molecule has 2 rings (SSSR count). The number of nitrogens with two attached hydrogens (primary N) is 1. The molecule has 1 saturated heterocycles. The minimum Gasteiger partial charge on any atom is -0.493 e. The molecule has 94 valence electrons. The normalized spacial score (nSPS) is 19.5. The maximum Gasteiger partial charge on any atom is 0.131 e. The Morgan fingerprint density at radius 3 is 3.06 bits per heavy atom. The van der Waals surface area contributed by atoms with Gasteiger partial charge in [-0.3, -0.25) is 0 Å². The maximum absolute atomic E-state index is 13.4. The lowest BCUT2D eigenvalue weighted by atomic mass is 10.2. The molecule has 4 heteroatoms. The largest absolute Gasteiger partial charge is 0.493 e. The number of ether oxygens (including phenoxy) is 2. The topological polar surface area (TPSA) is 44.5 Å². The van der Waals surface area contributed by atoms with Crippen LogP contribution in [0.25, 0.3) is 0 Å². The lowest BCUT2D eigenvalue weighted by molar-refractivity contribution is 0.0901. The Hall–Kier alpha value is -1.13. The summed E-state index contributed by atoms with van der Waals surface area (Å²) in [7, 11) is 0. The minimum atomic E-state index is -0.304. The van der Waals surface area contributed by atoms with Gasteiger partial charge in [0, 0.05) is 25.1 Å². The Morgan fingerprint density at radius 1 is 1.47 bits per heavy atom. The molecular formula is C13H18FNO2. The van der Waals surface area contributed by atoms with Crippen LogP contribution in [0, 0.1) is 5.82 Å². The lowest BCUT2D eigenvalue weighted by Crippen LogP contribution is -2.12.